The first-order valence-electron chi connectivity index (χ1n) is 10.4. The highest BCUT2D eigenvalue weighted by atomic mass is 35.5. The summed E-state index contributed by atoms with van der Waals surface area (Å²) in [7, 11) is 5.32. The van der Waals surface area contributed by atoms with Gasteiger partial charge in [-0.25, -0.2) is 0 Å². The number of rotatable bonds is 5. The highest BCUT2D eigenvalue weighted by Gasteiger charge is 2.47. The van der Waals surface area contributed by atoms with Crippen LogP contribution in [0.4, 0.5) is 11.4 Å². The largest absolute Gasteiger partial charge is 0.507 e. The highest BCUT2D eigenvalue weighted by molar-refractivity contribution is 6.52. The molecule has 34 heavy (non-hydrogen) atoms. The summed E-state index contributed by atoms with van der Waals surface area (Å²) in [4.78, 5) is 29.8. The zero-order valence-electron chi connectivity index (χ0n) is 18.8. The Morgan fingerprint density at radius 2 is 1.71 bits per heavy atom. The van der Waals surface area contributed by atoms with Gasteiger partial charge in [-0.1, -0.05) is 47.5 Å². The molecule has 0 spiro atoms. The van der Waals surface area contributed by atoms with E-state index in [4.69, 9.17) is 27.9 Å². The number of aliphatic hydroxyl groups is 1. The van der Waals surface area contributed by atoms with Gasteiger partial charge in [0.2, 0.25) is 0 Å². The number of carbonyl (C=O) groups excluding carboxylic acids is 2. The first-order chi connectivity index (χ1) is 16.2. The summed E-state index contributed by atoms with van der Waals surface area (Å²) in [5.74, 6) is -1.44. The molecule has 0 radical (unpaired) electrons. The summed E-state index contributed by atoms with van der Waals surface area (Å²) in [6.45, 7) is 0. The minimum Gasteiger partial charge on any atom is -0.507 e. The first kappa shape index (κ1) is 23.7. The molecular weight excluding hydrogens is 475 g/mol. The fourth-order valence-electron chi connectivity index (χ4n) is 3.97. The van der Waals surface area contributed by atoms with Crippen molar-refractivity contribution in [1.29, 1.82) is 0 Å². The van der Waals surface area contributed by atoms with Gasteiger partial charge in [-0.2, -0.15) is 0 Å². The Hall–Kier alpha value is -3.48. The molecule has 1 heterocycles. The van der Waals surface area contributed by atoms with Crippen LogP contribution in [0.5, 0.6) is 5.75 Å². The molecule has 1 atom stereocenters. The van der Waals surface area contributed by atoms with Gasteiger partial charge >= 0.3 is 0 Å². The summed E-state index contributed by atoms with van der Waals surface area (Å²) in [5.41, 5.74) is 2.31. The highest BCUT2D eigenvalue weighted by Crippen LogP contribution is 2.44. The number of amides is 1. The van der Waals surface area contributed by atoms with Gasteiger partial charge in [0.15, 0.2) is 0 Å². The van der Waals surface area contributed by atoms with Crippen LogP contribution in [0.25, 0.3) is 5.76 Å². The van der Waals surface area contributed by atoms with Crippen LogP contribution in [0.2, 0.25) is 10.0 Å². The van der Waals surface area contributed by atoms with Gasteiger partial charge in [0, 0.05) is 36.1 Å². The maximum Gasteiger partial charge on any atom is 0.300 e. The number of ketones is 1. The molecule has 3 aromatic carbocycles. The molecule has 174 valence electrons. The summed E-state index contributed by atoms with van der Waals surface area (Å²) < 4.78 is 5.22. The van der Waals surface area contributed by atoms with Crippen LogP contribution in [0.3, 0.4) is 0 Å². The van der Waals surface area contributed by atoms with Crippen LogP contribution in [0.1, 0.15) is 17.2 Å². The van der Waals surface area contributed by atoms with Crippen molar-refractivity contribution in [2.24, 2.45) is 0 Å². The second-order valence-electron chi connectivity index (χ2n) is 7.98. The van der Waals surface area contributed by atoms with E-state index < -0.39 is 17.7 Å². The van der Waals surface area contributed by atoms with Crippen molar-refractivity contribution in [3.05, 3.63) is 93.5 Å². The van der Waals surface area contributed by atoms with E-state index in [0.29, 0.717) is 32.6 Å². The molecular formula is C26H22Cl2N2O4. The van der Waals surface area contributed by atoms with Crippen LogP contribution in [-0.2, 0) is 9.59 Å². The number of ether oxygens (including phenoxy) is 1. The van der Waals surface area contributed by atoms with Gasteiger partial charge in [0.25, 0.3) is 11.7 Å². The lowest BCUT2D eigenvalue weighted by Gasteiger charge is -2.26. The van der Waals surface area contributed by atoms with Crippen molar-refractivity contribution in [2.75, 3.05) is 31.0 Å². The molecule has 0 saturated carbocycles. The molecule has 6 nitrogen and oxygen atoms in total. The molecule has 8 heteroatoms. The minimum absolute atomic E-state index is 0.0307. The molecule has 1 N–H and O–H groups in total. The number of carbonyl (C=O) groups is 2. The van der Waals surface area contributed by atoms with E-state index in [1.54, 1.807) is 42.5 Å². The van der Waals surface area contributed by atoms with E-state index in [9.17, 15) is 14.7 Å². The predicted molar refractivity (Wildman–Crippen MR) is 135 cm³/mol. The number of methoxy groups -OCH3 is 1. The predicted octanol–water partition coefficient (Wildman–Crippen LogP) is 5.69. The van der Waals surface area contributed by atoms with Crippen molar-refractivity contribution in [2.45, 2.75) is 6.04 Å². The molecule has 0 aliphatic carbocycles. The lowest BCUT2D eigenvalue weighted by Crippen LogP contribution is -2.29. The van der Waals surface area contributed by atoms with E-state index >= 15 is 0 Å². The first-order valence-corrected chi connectivity index (χ1v) is 11.2. The van der Waals surface area contributed by atoms with Gasteiger partial charge < -0.3 is 14.7 Å². The number of nitrogens with zero attached hydrogens (tertiary/aromatic N) is 2. The molecule has 0 bridgehead atoms. The Morgan fingerprint density at radius 1 is 1.00 bits per heavy atom. The Bertz CT molecular complexity index is 1300. The van der Waals surface area contributed by atoms with Gasteiger partial charge in [0.05, 0.1) is 23.7 Å². The van der Waals surface area contributed by atoms with Crippen molar-refractivity contribution in [1.82, 2.24) is 0 Å². The quantitative estimate of drug-likeness (QED) is 0.279. The van der Waals surface area contributed by atoms with Crippen LogP contribution in [0, 0.1) is 0 Å². The molecule has 0 aromatic heterocycles. The lowest BCUT2D eigenvalue weighted by atomic mass is 9.95. The Kier molecular flexibility index (Phi) is 6.55. The number of aliphatic hydroxyl groups excluding tert-OH is 1. The smallest absolute Gasteiger partial charge is 0.300 e. The summed E-state index contributed by atoms with van der Waals surface area (Å²) >= 11 is 12.4. The maximum atomic E-state index is 13.3. The van der Waals surface area contributed by atoms with E-state index in [1.807, 2.05) is 43.3 Å². The topological polar surface area (TPSA) is 70.1 Å². The maximum absolute atomic E-state index is 13.3. The number of anilines is 2. The molecule has 1 unspecified atom stereocenters. The second kappa shape index (κ2) is 9.41. The van der Waals surface area contributed by atoms with Gasteiger partial charge in [-0.05, 0) is 48.0 Å². The molecule has 3 aromatic rings. The minimum atomic E-state index is -0.875. The normalized spacial score (nSPS) is 17.2. The summed E-state index contributed by atoms with van der Waals surface area (Å²) in [5, 5.41) is 11.9. The lowest BCUT2D eigenvalue weighted by molar-refractivity contribution is -0.132. The van der Waals surface area contributed by atoms with E-state index in [-0.39, 0.29) is 11.3 Å². The molecule has 1 fully saturated rings. The van der Waals surface area contributed by atoms with Crippen molar-refractivity contribution >= 4 is 52.0 Å². The number of benzene rings is 3. The van der Waals surface area contributed by atoms with Crippen LogP contribution in [0.15, 0.2) is 72.3 Å². The monoisotopic (exact) mass is 496 g/mol. The van der Waals surface area contributed by atoms with Crippen LogP contribution in [-0.4, -0.2) is 38.0 Å². The van der Waals surface area contributed by atoms with Crippen LogP contribution < -0.4 is 14.5 Å². The van der Waals surface area contributed by atoms with Crippen molar-refractivity contribution < 1.29 is 19.4 Å². The third-order valence-electron chi connectivity index (χ3n) is 5.68. The van der Waals surface area contributed by atoms with Crippen molar-refractivity contribution in [3.63, 3.8) is 0 Å². The third-order valence-corrected chi connectivity index (χ3v) is 6.21. The summed E-state index contributed by atoms with van der Waals surface area (Å²) in [6.07, 6.45) is 0. The van der Waals surface area contributed by atoms with E-state index in [0.717, 1.165) is 5.69 Å². The van der Waals surface area contributed by atoms with Gasteiger partial charge in [-0.3, -0.25) is 14.5 Å². The number of hydrogen-bond donors (Lipinski definition) is 1. The second-order valence-corrected chi connectivity index (χ2v) is 8.83. The summed E-state index contributed by atoms with van der Waals surface area (Å²) in [6, 6.07) is 17.9. The van der Waals surface area contributed by atoms with E-state index in [1.165, 1.54) is 12.0 Å². The number of halogens is 2. The Balaban J connectivity index is 1.93. The third kappa shape index (κ3) is 4.22. The molecule has 1 aliphatic heterocycles. The fourth-order valence-corrected chi connectivity index (χ4v) is 4.41. The van der Waals surface area contributed by atoms with Gasteiger partial charge in [0.1, 0.15) is 11.5 Å². The Labute approximate surface area is 207 Å². The number of Topliss-reactive ketones (excluding diaryl/α,β-unsaturated/α-hetero) is 1. The molecule has 1 amide bonds. The molecule has 1 saturated heterocycles. The molecule has 4 rings (SSSR count). The average Bonchev–Trinajstić information content (AvgIpc) is 3.09. The number of hydrogen-bond acceptors (Lipinski definition) is 5. The van der Waals surface area contributed by atoms with Crippen LogP contribution >= 0.6 is 23.2 Å². The van der Waals surface area contributed by atoms with E-state index in [2.05, 4.69) is 0 Å². The SMILES string of the molecule is COc1ccc(N2C(=O)C(=O)/C(=C(/O)c3cccc(Cl)c3)C2c2ccc(N(C)C)cc2)cc1Cl. The zero-order valence-corrected chi connectivity index (χ0v) is 20.3. The van der Waals surface area contributed by atoms with Gasteiger partial charge in [-0.15, -0.1) is 0 Å². The standard InChI is InChI=1S/C26H22Cl2N2O4/c1-29(2)18-9-7-15(8-10-18)23-22(24(31)16-5-4-6-17(27)13-16)25(32)26(33)30(23)19-11-12-21(34-3)20(28)14-19/h4-14,23,31H,1-3H3/b24-22+. The molecule has 1 aliphatic rings. The zero-order chi connectivity index (χ0) is 24.6. The van der Waals surface area contributed by atoms with Crippen molar-refractivity contribution in [3.8, 4) is 5.75 Å². The Morgan fingerprint density at radius 3 is 2.29 bits per heavy atom. The fraction of sp³-hybridized carbons (Fsp3) is 0.154. The average molecular weight is 497 g/mol.